The molecule has 0 aliphatic carbocycles. The van der Waals surface area contributed by atoms with E-state index in [4.69, 9.17) is 0 Å². The quantitative estimate of drug-likeness (QED) is 0.624. The molecule has 1 N–H and O–H groups in total. The summed E-state index contributed by atoms with van der Waals surface area (Å²) in [6, 6.07) is 10.0. The molecule has 1 aromatic carbocycles. The van der Waals surface area contributed by atoms with Gasteiger partial charge in [-0.15, -0.1) is 11.3 Å². The molecule has 4 aromatic rings. The van der Waals surface area contributed by atoms with Gasteiger partial charge in [-0.2, -0.15) is 5.10 Å². The lowest BCUT2D eigenvalue weighted by atomic mass is 10.1. The van der Waals surface area contributed by atoms with E-state index in [9.17, 15) is 9.90 Å². The van der Waals surface area contributed by atoms with Crippen LogP contribution in [0.25, 0.3) is 21.1 Å². The molecule has 0 saturated heterocycles. The predicted octanol–water partition coefficient (Wildman–Crippen LogP) is 2.80. The molecule has 0 spiro atoms. The Bertz CT molecular complexity index is 1120. The third kappa shape index (κ3) is 2.26. The molecule has 122 valence electrons. The first-order valence-electron chi connectivity index (χ1n) is 7.72. The van der Waals surface area contributed by atoms with Crippen molar-refractivity contribution in [1.29, 1.82) is 0 Å². The molecule has 0 atom stereocenters. The van der Waals surface area contributed by atoms with Gasteiger partial charge < -0.3 is 9.67 Å². The van der Waals surface area contributed by atoms with Crippen LogP contribution in [0, 0.1) is 6.92 Å². The van der Waals surface area contributed by atoms with E-state index in [0.717, 1.165) is 31.6 Å². The van der Waals surface area contributed by atoms with Crippen molar-refractivity contribution in [3.63, 3.8) is 0 Å². The van der Waals surface area contributed by atoms with Crippen molar-refractivity contribution in [2.24, 2.45) is 7.05 Å². The topological polar surface area (TPSA) is 60.0 Å². The smallest absolute Gasteiger partial charge is 0.291 e. The number of hydrogen-bond acceptors (Lipinski definition) is 4. The number of aryl methyl sites for hydroxylation is 2. The third-order valence-corrected chi connectivity index (χ3v) is 5.44. The second kappa shape index (κ2) is 5.58. The molecule has 24 heavy (non-hydrogen) atoms. The van der Waals surface area contributed by atoms with Crippen LogP contribution in [0.5, 0.6) is 0 Å². The molecule has 0 fully saturated rings. The minimum atomic E-state index is -0.0922. The third-order valence-electron chi connectivity index (χ3n) is 4.29. The van der Waals surface area contributed by atoms with Crippen LogP contribution in [0.3, 0.4) is 0 Å². The van der Waals surface area contributed by atoms with E-state index < -0.39 is 0 Å². The Labute approximate surface area is 142 Å². The van der Waals surface area contributed by atoms with E-state index in [1.54, 1.807) is 6.20 Å². The number of aliphatic hydroxyl groups excluding tert-OH is 1. The monoisotopic (exact) mass is 339 g/mol. The van der Waals surface area contributed by atoms with Crippen molar-refractivity contribution in [2.45, 2.75) is 20.1 Å². The second-order valence-electron chi connectivity index (χ2n) is 6.00. The SMILES string of the molecule is Cc1cccc(Cn2ncc3c4sc(CO)cc4n(C)c3c2=O)c1. The van der Waals surface area contributed by atoms with Crippen molar-refractivity contribution in [2.75, 3.05) is 0 Å². The molecule has 0 radical (unpaired) electrons. The molecule has 0 saturated carbocycles. The fourth-order valence-corrected chi connectivity index (χ4v) is 4.19. The highest BCUT2D eigenvalue weighted by molar-refractivity contribution is 7.20. The summed E-state index contributed by atoms with van der Waals surface area (Å²) in [6.07, 6.45) is 1.76. The first kappa shape index (κ1) is 15.1. The van der Waals surface area contributed by atoms with Crippen LogP contribution in [-0.4, -0.2) is 19.5 Å². The van der Waals surface area contributed by atoms with Crippen LogP contribution in [0.1, 0.15) is 16.0 Å². The van der Waals surface area contributed by atoms with Crippen LogP contribution in [-0.2, 0) is 20.2 Å². The van der Waals surface area contributed by atoms with Gasteiger partial charge in [0, 0.05) is 17.3 Å². The molecule has 0 amide bonds. The summed E-state index contributed by atoms with van der Waals surface area (Å²) in [4.78, 5) is 13.8. The van der Waals surface area contributed by atoms with Crippen LogP contribution in [0.2, 0.25) is 0 Å². The van der Waals surface area contributed by atoms with Crippen molar-refractivity contribution in [1.82, 2.24) is 14.3 Å². The number of aliphatic hydroxyl groups is 1. The van der Waals surface area contributed by atoms with Crippen LogP contribution in [0.4, 0.5) is 0 Å². The highest BCUT2D eigenvalue weighted by Crippen LogP contribution is 2.33. The lowest BCUT2D eigenvalue weighted by Crippen LogP contribution is -2.24. The fourth-order valence-electron chi connectivity index (χ4n) is 3.14. The summed E-state index contributed by atoms with van der Waals surface area (Å²) in [7, 11) is 1.89. The second-order valence-corrected chi connectivity index (χ2v) is 7.14. The summed E-state index contributed by atoms with van der Waals surface area (Å²) in [5, 5.41) is 14.5. The highest BCUT2D eigenvalue weighted by Gasteiger charge is 2.16. The average Bonchev–Trinajstić information content (AvgIpc) is 3.10. The zero-order valence-corrected chi connectivity index (χ0v) is 14.3. The van der Waals surface area contributed by atoms with E-state index >= 15 is 0 Å². The molecule has 0 bridgehead atoms. The minimum Gasteiger partial charge on any atom is -0.391 e. The molecule has 5 nitrogen and oxygen atoms in total. The van der Waals surface area contributed by atoms with E-state index in [2.05, 4.69) is 11.2 Å². The maximum Gasteiger partial charge on any atom is 0.291 e. The van der Waals surface area contributed by atoms with E-state index in [1.807, 2.05) is 42.8 Å². The molecule has 0 unspecified atom stereocenters. The largest absolute Gasteiger partial charge is 0.391 e. The normalized spacial score (nSPS) is 11.6. The summed E-state index contributed by atoms with van der Waals surface area (Å²) in [5.74, 6) is 0. The van der Waals surface area contributed by atoms with Gasteiger partial charge in [-0.3, -0.25) is 4.79 Å². The molecule has 0 aliphatic heterocycles. The first-order chi connectivity index (χ1) is 11.6. The standard InChI is InChI=1S/C18H17N3O2S/c1-11-4-3-5-12(6-11)9-21-18(23)16-14(8-19-21)17-15(20(16)2)7-13(10-22)24-17/h3-8,22H,9-10H2,1-2H3. The van der Waals surface area contributed by atoms with Crippen LogP contribution < -0.4 is 5.56 Å². The Hall–Kier alpha value is -2.44. The van der Waals surface area contributed by atoms with Crippen molar-refractivity contribution >= 4 is 32.5 Å². The van der Waals surface area contributed by atoms with E-state index in [0.29, 0.717) is 12.1 Å². The van der Waals surface area contributed by atoms with Crippen molar-refractivity contribution < 1.29 is 5.11 Å². The van der Waals surface area contributed by atoms with Gasteiger partial charge in [-0.1, -0.05) is 29.8 Å². The first-order valence-corrected chi connectivity index (χ1v) is 8.53. The maximum absolute atomic E-state index is 12.9. The Balaban J connectivity index is 1.89. The number of thiophene rings is 1. The van der Waals surface area contributed by atoms with Gasteiger partial charge in [0.05, 0.1) is 29.6 Å². The van der Waals surface area contributed by atoms with Gasteiger partial charge in [0.1, 0.15) is 5.52 Å². The predicted molar refractivity (Wildman–Crippen MR) is 96.6 cm³/mol. The van der Waals surface area contributed by atoms with Crippen molar-refractivity contribution in [3.05, 3.63) is 62.9 Å². The molecule has 6 heteroatoms. The van der Waals surface area contributed by atoms with Gasteiger partial charge >= 0.3 is 0 Å². The number of benzene rings is 1. The molecular formula is C18H17N3O2S. The minimum absolute atomic E-state index is 0.0126. The van der Waals surface area contributed by atoms with Crippen LogP contribution in [0.15, 0.2) is 41.3 Å². The Morgan fingerprint density at radius 3 is 2.88 bits per heavy atom. The number of fused-ring (bicyclic) bond motifs is 3. The van der Waals surface area contributed by atoms with Gasteiger partial charge in [-0.05, 0) is 18.6 Å². The van der Waals surface area contributed by atoms with Gasteiger partial charge in [0.15, 0.2) is 0 Å². The molecule has 0 aliphatic rings. The average molecular weight is 339 g/mol. The van der Waals surface area contributed by atoms with Crippen molar-refractivity contribution in [3.8, 4) is 0 Å². The Morgan fingerprint density at radius 2 is 2.12 bits per heavy atom. The summed E-state index contributed by atoms with van der Waals surface area (Å²) >= 11 is 1.51. The summed E-state index contributed by atoms with van der Waals surface area (Å²) in [5.41, 5.74) is 3.75. The van der Waals surface area contributed by atoms with Crippen LogP contribution >= 0.6 is 11.3 Å². The number of aromatic nitrogens is 3. The fraction of sp³-hybridized carbons (Fsp3) is 0.222. The number of rotatable bonds is 3. The highest BCUT2D eigenvalue weighted by atomic mass is 32.1. The van der Waals surface area contributed by atoms with Gasteiger partial charge in [-0.25, -0.2) is 4.68 Å². The zero-order chi connectivity index (χ0) is 16.8. The summed E-state index contributed by atoms with van der Waals surface area (Å²) in [6.45, 7) is 2.50. The van der Waals surface area contributed by atoms with Gasteiger partial charge in [0.25, 0.3) is 5.56 Å². The molecule has 3 heterocycles. The van der Waals surface area contributed by atoms with E-state index in [1.165, 1.54) is 16.0 Å². The Kier molecular flexibility index (Phi) is 3.51. The Morgan fingerprint density at radius 1 is 1.29 bits per heavy atom. The molecule has 3 aromatic heterocycles. The molecular weight excluding hydrogens is 322 g/mol. The van der Waals surface area contributed by atoms with Gasteiger partial charge in [0.2, 0.25) is 0 Å². The lowest BCUT2D eigenvalue weighted by molar-refractivity contribution is 0.285. The maximum atomic E-state index is 12.9. The number of nitrogens with zero attached hydrogens (tertiary/aromatic N) is 3. The lowest BCUT2D eigenvalue weighted by Gasteiger charge is -2.06. The molecule has 4 rings (SSSR count). The number of hydrogen-bond donors (Lipinski definition) is 1. The van der Waals surface area contributed by atoms with E-state index in [-0.39, 0.29) is 12.2 Å². The zero-order valence-electron chi connectivity index (χ0n) is 13.5. The summed E-state index contributed by atoms with van der Waals surface area (Å²) < 4.78 is 4.41.